The van der Waals surface area contributed by atoms with E-state index < -0.39 is 0 Å². The predicted octanol–water partition coefficient (Wildman–Crippen LogP) is 3.58. The van der Waals surface area contributed by atoms with E-state index in [2.05, 4.69) is 24.0 Å². The molecular weight excluding hydrogens is 274 g/mol. The molecule has 4 rings (SSSR count). The molecule has 0 amide bonds. The monoisotopic (exact) mass is 301 g/mol. The number of rotatable bonds is 2. The van der Waals surface area contributed by atoms with Crippen LogP contribution in [0.3, 0.4) is 0 Å². The number of ether oxygens (including phenoxy) is 2. The summed E-state index contributed by atoms with van der Waals surface area (Å²) >= 11 is 0. The molecule has 1 spiro atoms. The van der Waals surface area contributed by atoms with E-state index in [1.807, 2.05) is 0 Å². The smallest absolute Gasteiger partial charge is 0.161 e. The Morgan fingerprint density at radius 3 is 2.59 bits per heavy atom. The summed E-state index contributed by atoms with van der Waals surface area (Å²) in [5.74, 6) is 1.91. The van der Waals surface area contributed by atoms with Gasteiger partial charge in [-0.25, -0.2) is 0 Å². The molecule has 0 radical (unpaired) electrons. The van der Waals surface area contributed by atoms with Gasteiger partial charge >= 0.3 is 0 Å². The van der Waals surface area contributed by atoms with Crippen LogP contribution >= 0.6 is 0 Å². The molecule has 120 valence electrons. The average molecular weight is 301 g/mol. The predicted molar refractivity (Wildman–Crippen MR) is 87.9 cm³/mol. The molecule has 2 heterocycles. The third-order valence-corrected chi connectivity index (χ3v) is 5.73. The number of hydrogen-bond acceptors (Lipinski definition) is 3. The van der Waals surface area contributed by atoms with Gasteiger partial charge in [-0.2, -0.15) is 0 Å². The van der Waals surface area contributed by atoms with Crippen LogP contribution in [0.25, 0.3) is 0 Å². The Labute approximate surface area is 133 Å². The third-order valence-electron chi connectivity index (χ3n) is 5.73. The van der Waals surface area contributed by atoms with Crippen molar-refractivity contribution in [3.05, 3.63) is 23.3 Å². The molecule has 3 aliphatic rings. The van der Waals surface area contributed by atoms with Gasteiger partial charge in [0, 0.05) is 5.54 Å². The van der Waals surface area contributed by atoms with E-state index in [0.29, 0.717) is 18.8 Å². The first-order valence-electron chi connectivity index (χ1n) is 8.97. The van der Waals surface area contributed by atoms with Crippen LogP contribution in [0.4, 0.5) is 0 Å². The lowest BCUT2D eigenvalue weighted by Gasteiger charge is -2.50. The maximum atomic E-state index is 5.80. The summed E-state index contributed by atoms with van der Waals surface area (Å²) in [4.78, 5) is 2.79. The van der Waals surface area contributed by atoms with Crippen molar-refractivity contribution in [3.8, 4) is 11.5 Å². The molecular formula is C19H27NO2. The Hall–Kier alpha value is -1.22. The molecule has 3 heteroatoms. The van der Waals surface area contributed by atoms with Crippen LogP contribution < -0.4 is 9.47 Å². The first-order chi connectivity index (χ1) is 10.8. The van der Waals surface area contributed by atoms with Gasteiger partial charge < -0.3 is 9.47 Å². The van der Waals surface area contributed by atoms with Crippen molar-refractivity contribution >= 4 is 0 Å². The fourth-order valence-corrected chi connectivity index (χ4v) is 4.63. The molecule has 0 saturated carbocycles. The largest absolute Gasteiger partial charge is 0.486 e. The van der Waals surface area contributed by atoms with Crippen molar-refractivity contribution in [2.75, 3.05) is 26.3 Å². The highest BCUT2D eigenvalue weighted by Crippen LogP contribution is 2.43. The van der Waals surface area contributed by atoms with E-state index in [1.165, 1.54) is 69.2 Å². The van der Waals surface area contributed by atoms with E-state index in [1.54, 1.807) is 0 Å². The van der Waals surface area contributed by atoms with Gasteiger partial charge in [0.2, 0.25) is 0 Å². The zero-order valence-electron chi connectivity index (χ0n) is 13.7. The molecule has 3 nitrogen and oxygen atoms in total. The molecule has 0 aromatic heterocycles. The Morgan fingerprint density at radius 2 is 1.82 bits per heavy atom. The number of hydrogen-bond donors (Lipinski definition) is 0. The molecule has 1 fully saturated rings. The second-order valence-corrected chi connectivity index (χ2v) is 7.11. The Morgan fingerprint density at radius 1 is 1.05 bits per heavy atom. The molecule has 22 heavy (non-hydrogen) atoms. The Balaban J connectivity index is 1.64. The van der Waals surface area contributed by atoms with E-state index >= 15 is 0 Å². The van der Waals surface area contributed by atoms with Gasteiger partial charge in [0.1, 0.15) is 13.2 Å². The van der Waals surface area contributed by atoms with Crippen LogP contribution in [0.5, 0.6) is 11.5 Å². The fourth-order valence-electron chi connectivity index (χ4n) is 4.63. The van der Waals surface area contributed by atoms with Crippen LogP contribution in [-0.2, 0) is 12.8 Å². The lowest BCUT2D eigenvalue weighted by Crippen LogP contribution is -2.55. The van der Waals surface area contributed by atoms with E-state index in [0.717, 1.165) is 11.5 Å². The Kier molecular flexibility index (Phi) is 3.77. The quantitative estimate of drug-likeness (QED) is 0.833. The normalized spacial score (nSPS) is 27.7. The van der Waals surface area contributed by atoms with Gasteiger partial charge in [0.15, 0.2) is 11.5 Å². The van der Waals surface area contributed by atoms with E-state index in [9.17, 15) is 0 Å². The second-order valence-electron chi connectivity index (χ2n) is 7.11. The van der Waals surface area contributed by atoms with Crippen molar-refractivity contribution in [1.29, 1.82) is 0 Å². The molecule has 2 aliphatic heterocycles. The zero-order valence-corrected chi connectivity index (χ0v) is 13.7. The van der Waals surface area contributed by atoms with Crippen LogP contribution in [0, 0.1) is 0 Å². The average Bonchev–Trinajstić information content (AvgIpc) is 2.55. The van der Waals surface area contributed by atoms with Gasteiger partial charge in [-0.15, -0.1) is 0 Å². The standard InChI is InChI=1S/C19H27NO2/c1-2-8-20-9-4-3-6-19(20)7-5-15-12-17-18(13-16(15)14-19)22-11-10-21-17/h12-13H,2-11,14H2,1H3. The van der Waals surface area contributed by atoms with Crippen LogP contribution in [0.15, 0.2) is 12.1 Å². The van der Waals surface area contributed by atoms with Gasteiger partial charge in [-0.05, 0) is 74.9 Å². The molecule has 1 atom stereocenters. The number of aryl methyl sites for hydroxylation is 1. The summed E-state index contributed by atoms with van der Waals surface area (Å²) in [5, 5.41) is 0. The van der Waals surface area contributed by atoms with Gasteiger partial charge in [0.05, 0.1) is 0 Å². The van der Waals surface area contributed by atoms with Crippen molar-refractivity contribution in [1.82, 2.24) is 4.90 Å². The topological polar surface area (TPSA) is 21.7 Å². The summed E-state index contributed by atoms with van der Waals surface area (Å²) in [5.41, 5.74) is 3.39. The fraction of sp³-hybridized carbons (Fsp3) is 0.684. The molecule has 1 aliphatic carbocycles. The van der Waals surface area contributed by atoms with Crippen molar-refractivity contribution in [2.45, 2.75) is 57.4 Å². The summed E-state index contributed by atoms with van der Waals surface area (Å²) < 4.78 is 11.6. The third kappa shape index (κ3) is 2.40. The molecule has 1 aromatic rings. The maximum Gasteiger partial charge on any atom is 0.161 e. The maximum absolute atomic E-state index is 5.80. The Bertz CT molecular complexity index is 555. The molecule has 0 bridgehead atoms. The molecule has 1 aromatic carbocycles. The number of likely N-dealkylation sites (tertiary alicyclic amines) is 1. The second kappa shape index (κ2) is 5.77. The summed E-state index contributed by atoms with van der Waals surface area (Å²) in [6, 6.07) is 4.51. The minimum Gasteiger partial charge on any atom is -0.486 e. The minimum atomic E-state index is 0.408. The number of benzene rings is 1. The van der Waals surface area contributed by atoms with Crippen LogP contribution in [0.1, 0.15) is 50.2 Å². The highest BCUT2D eigenvalue weighted by atomic mass is 16.6. The summed E-state index contributed by atoms with van der Waals surface area (Å²) in [6.45, 7) is 6.20. The molecule has 1 saturated heterocycles. The van der Waals surface area contributed by atoms with Gasteiger partial charge in [-0.3, -0.25) is 4.90 Å². The van der Waals surface area contributed by atoms with Crippen LogP contribution in [-0.4, -0.2) is 36.7 Å². The van der Waals surface area contributed by atoms with Crippen molar-refractivity contribution in [3.63, 3.8) is 0 Å². The molecule has 1 unspecified atom stereocenters. The van der Waals surface area contributed by atoms with Crippen molar-refractivity contribution < 1.29 is 9.47 Å². The van der Waals surface area contributed by atoms with Crippen LogP contribution in [0.2, 0.25) is 0 Å². The van der Waals surface area contributed by atoms with E-state index in [-0.39, 0.29) is 0 Å². The highest BCUT2D eigenvalue weighted by molar-refractivity contribution is 5.49. The van der Waals surface area contributed by atoms with Gasteiger partial charge in [-0.1, -0.05) is 13.3 Å². The lowest BCUT2D eigenvalue weighted by atomic mass is 9.72. The van der Waals surface area contributed by atoms with E-state index in [4.69, 9.17) is 9.47 Å². The molecule has 0 N–H and O–H groups in total. The number of piperidine rings is 1. The zero-order chi connectivity index (χ0) is 15.0. The minimum absolute atomic E-state index is 0.408. The van der Waals surface area contributed by atoms with Gasteiger partial charge in [0.25, 0.3) is 0 Å². The highest BCUT2D eigenvalue weighted by Gasteiger charge is 2.41. The number of fused-ring (bicyclic) bond motifs is 2. The summed E-state index contributed by atoms with van der Waals surface area (Å²) in [7, 11) is 0. The SMILES string of the molecule is CCCN1CCCCC12CCc1cc3c(cc1C2)OCCO3. The first kappa shape index (κ1) is 14.4. The van der Waals surface area contributed by atoms with Crippen molar-refractivity contribution in [2.24, 2.45) is 0 Å². The first-order valence-corrected chi connectivity index (χ1v) is 8.97. The summed E-state index contributed by atoms with van der Waals surface area (Å²) in [6.07, 6.45) is 9.07. The number of nitrogens with zero attached hydrogens (tertiary/aromatic N) is 1. The lowest BCUT2D eigenvalue weighted by molar-refractivity contribution is 0.0338.